The lowest BCUT2D eigenvalue weighted by Crippen LogP contribution is -2.25. The molecule has 0 saturated carbocycles. The molecule has 3 aromatic rings. The first-order valence-corrected chi connectivity index (χ1v) is 8.38. The fourth-order valence-corrected chi connectivity index (χ4v) is 2.88. The minimum absolute atomic E-state index is 0.137. The molecular weight excluding hydrogens is 350 g/mol. The second kappa shape index (κ2) is 7.41. The van der Waals surface area contributed by atoms with Gasteiger partial charge in [0.2, 0.25) is 16.9 Å². The standard InChI is InChI=1S/C15H14ClN5O2S/c16-11-4-1-3-10(7-11)8-18-13(22)9-24-15-20-19-14(21(15)17)12-5-2-6-23-12/h1-7H,8-9,17H2,(H,18,22). The third-order valence-electron chi connectivity index (χ3n) is 3.12. The maximum atomic E-state index is 11.9. The van der Waals surface area contributed by atoms with Gasteiger partial charge in [-0.2, -0.15) is 0 Å². The van der Waals surface area contributed by atoms with E-state index in [-0.39, 0.29) is 11.7 Å². The van der Waals surface area contributed by atoms with Crippen LogP contribution in [-0.2, 0) is 11.3 Å². The highest BCUT2D eigenvalue weighted by molar-refractivity contribution is 7.99. The molecule has 0 aliphatic rings. The lowest BCUT2D eigenvalue weighted by molar-refractivity contribution is -0.118. The average molecular weight is 364 g/mol. The summed E-state index contributed by atoms with van der Waals surface area (Å²) in [6.07, 6.45) is 1.53. The largest absolute Gasteiger partial charge is 0.461 e. The molecule has 0 aliphatic carbocycles. The van der Waals surface area contributed by atoms with Gasteiger partial charge in [-0.05, 0) is 29.8 Å². The van der Waals surface area contributed by atoms with Crippen molar-refractivity contribution in [1.29, 1.82) is 0 Å². The number of halogens is 1. The second-order valence-corrected chi connectivity index (χ2v) is 6.23. The van der Waals surface area contributed by atoms with Gasteiger partial charge in [0.25, 0.3) is 0 Å². The van der Waals surface area contributed by atoms with E-state index in [1.165, 1.54) is 22.7 Å². The van der Waals surface area contributed by atoms with Crippen LogP contribution in [-0.4, -0.2) is 26.5 Å². The van der Waals surface area contributed by atoms with Crippen LogP contribution >= 0.6 is 23.4 Å². The maximum Gasteiger partial charge on any atom is 0.230 e. The van der Waals surface area contributed by atoms with Crippen molar-refractivity contribution in [2.24, 2.45) is 0 Å². The number of carbonyl (C=O) groups excluding carboxylic acids is 1. The summed E-state index contributed by atoms with van der Waals surface area (Å²) in [7, 11) is 0. The fraction of sp³-hybridized carbons (Fsp3) is 0.133. The van der Waals surface area contributed by atoms with Crippen molar-refractivity contribution in [2.75, 3.05) is 11.6 Å². The molecule has 1 aromatic carbocycles. The Morgan fingerprint density at radius 3 is 2.96 bits per heavy atom. The van der Waals surface area contributed by atoms with E-state index in [0.717, 1.165) is 5.56 Å². The van der Waals surface area contributed by atoms with E-state index in [4.69, 9.17) is 21.9 Å². The summed E-state index contributed by atoms with van der Waals surface area (Å²) in [6, 6.07) is 10.8. The Balaban J connectivity index is 1.53. The number of aromatic nitrogens is 3. The Kier molecular flexibility index (Phi) is 5.07. The molecule has 0 saturated heterocycles. The number of hydrogen-bond acceptors (Lipinski definition) is 6. The van der Waals surface area contributed by atoms with Gasteiger partial charge in [-0.25, -0.2) is 4.68 Å². The van der Waals surface area contributed by atoms with Crippen LogP contribution in [0, 0.1) is 0 Å². The first-order chi connectivity index (χ1) is 11.6. The Morgan fingerprint density at radius 1 is 1.33 bits per heavy atom. The molecule has 9 heteroatoms. The number of hydrogen-bond donors (Lipinski definition) is 2. The van der Waals surface area contributed by atoms with Crippen molar-refractivity contribution in [3.05, 3.63) is 53.2 Å². The highest BCUT2D eigenvalue weighted by atomic mass is 35.5. The SMILES string of the molecule is Nn1c(SCC(=O)NCc2cccc(Cl)c2)nnc1-c1ccco1. The molecule has 0 spiro atoms. The molecule has 24 heavy (non-hydrogen) atoms. The quantitative estimate of drug-likeness (QED) is 0.515. The number of nitrogens with two attached hydrogens (primary N) is 1. The molecule has 0 unspecified atom stereocenters. The van der Waals surface area contributed by atoms with Gasteiger partial charge in [0.1, 0.15) is 0 Å². The Labute approximate surface area is 147 Å². The topological polar surface area (TPSA) is 99.0 Å². The van der Waals surface area contributed by atoms with E-state index < -0.39 is 0 Å². The molecule has 0 radical (unpaired) electrons. The van der Waals surface area contributed by atoms with Crippen LogP contribution in [0.15, 0.2) is 52.2 Å². The van der Waals surface area contributed by atoms with Gasteiger partial charge < -0.3 is 15.6 Å². The zero-order valence-electron chi connectivity index (χ0n) is 12.5. The Hall–Kier alpha value is -2.45. The van der Waals surface area contributed by atoms with Crippen LogP contribution in [0.1, 0.15) is 5.56 Å². The highest BCUT2D eigenvalue weighted by Crippen LogP contribution is 2.21. The van der Waals surface area contributed by atoms with E-state index in [0.29, 0.717) is 28.3 Å². The summed E-state index contributed by atoms with van der Waals surface area (Å²) < 4.78 is 6.53. The smallest absolute Gasteiger partial charge is 0.230 e. The van der Waals surface area contributed by atoms with Crippen LogP contribution in [0.25, 0.3) is 11.6 Å². The number of furan rings is 1. The summed E-state index contributed by atoms with van der Waals surface area (Å²) >= 11 is 7.10. The van der Waals surface area contributed by atoms with Crippen LogP contribution in [0.2, 0.25) is 5.02 Å². The third-order valence-corrected chi connectivity index (χ3v) is 4.30. The van der Waals surface area contributed by atoms with Gasteiger partial charge in [0.15, 0.2) is 5.76 Å². The fourth-order valence-electron chi connectivity index (χ4n) is 1.98. The summed E-state index contributed by atoms with van der Waals surface area (Å²) in [6.45, 7) is 0.410. The minimum atomic E-state index is -0.137. The second-order valence-electron chi connectivity index (χ2n) is 4.85. The molecule has 2 aromatic heterocycles. The molecule has 3 rings (SSSR count). The first kappa shape index (κ1) is 16.4. The predicted octanol–water partition coefficient (Wildman–Crippen LogP) is 2.31. The van der Waals surface area contributed by atoms with Gasteiger partial charge in [-0.3, -0.25) is 4.79 Å². The van der Waals surface area contributed by atoms with Crippen LogP contribution in [0.4, 0.5) is 0 Å². The van der Waals surface area contributed by atoms with E-state index in [1.807, 2.05) is 12.1 Å². The first-order valence-electron chi connectivity index (χ1n) is 7.02. The van der Waals surface area contributed by atoms with E-state index in [2.05, 4.69) is 15.5 Å². The monoisotopic (exact) mass is 363 g/mol. The molecule has 0 bridgehead atoms. The van der Waals surface area contributed by atoms with Crippen molar-refractivity contribution in [3.8, 4) is 11.6 Å². The number of carbonyl (C=O) groups is 1. The van der Waals surface area contributed by atoms with Crippen molar-refractivity contribution in [2.45, 2.75) is 11.7 Å². The van der Waals surface area contributed by atoms with E-state index in [1.54, 1.807) is 24.3 Å². The number of benzene rings is 1. The summed E-state index contributed by atoms with van der Waals surface area (Å²) in [5.41, 5.74) is 0.933. The lowest BCUT2D eigenvalue weighted by Gasteiger charge is -2.05. The molecular formula is C15H14ClN5O2S. The summed E-state index contributed by atoms with van der Waals surface area (Å²) in [5, 5.41) is 11.8. The Bertz CT molecular complexity index is 834. The van der Waals surface area contributed by atoms with Gasteiger partial charge in [0, 0.05) is 11.6 Å². The van der Waals surface area contributed by atoms with Gasteiger partial charge in [-0.15, -0.1) is 10.2 Å². The number of rotatable bonds is 6. The maximum absolute atomic E-state index is 11.9. The molecule has 1 amide bonds. The van der Waals surface area contributed by atoms with Crippen LogP contribution in [0.3, 0.4) is 0 Å². The molecule has 0 atom stereocenters. The molecule has 7 nitrogen and oxygen atoms in total. The third kappa shape index (κ3) is 3.90. The number of amides is 1. The minimum Gasteiger partial charge on any atom is -0.461 e. The molecule has 124 valence electrons. The lowest BCUT2D eigenvalue weighted by atomic mass is 10.2. The average Bonchev–Trinajstić information content (AvgIpc) is 3.21. The molecule has 2 heterocycles. The molecule has 0 fully saturated rings. The summed E-state index contributed by atoms with van der Waals surface area (Å²) in [5.74, 6) is 6.89. The van der Waals surface area contributed by atoms with Crippen molar-refractivity contribution < 1.29 is 9.21 Å². The number of nitrogens with zero attached hydrogens (tertiary/aromatic N) is 3. The molecule has 3 N–H and O–H groups in total. The number of nitrogens with one attached hydrogen (secondary N) is 1. The van der Waals surface area contributed by atoms with Gasteiger partial charge >= 0.3 is 0 Å². The van der Waals surface area contributed by atoms with Gasteiger partial charge in [0.05, 0.1) is 12.0 Å². The number of thioether (sulfide) groups is 1. The van der Waals surface area contributed by atoms with E-state index in [9.17, 15) is 4.79 Å². The summed E-state index contributed by atoms with van der Waals surface area (Å²) in [4.78, 5) is 11.9. The Morgan fingerprint density at radius 2 is 2.21 bits per heavy atom. The van der Waals surface area contributed by atoms with Crippen molar-refractivity contribution >= 4 is 29.3 Å². The zero-order valence-corrected chi connectivity index (χ0v) is 14.0. The van der Waals surface area contributed by atoms with E-state index >= 15 is 0 Å². The predicted molar refractivity (Wildman–Crippen MR) is 91.9 cm³/mol. The van der Waals surface area contributed by atoms with Crippen molar-refractivity contribution in [3.63, 3.8) is 0 Å². The van der Waals surface area contributed by atoms with Crippen LogP contribution in [0.5, 0.6) is 0 Å². The van der Waals surface area contributed by atoms with Gasteiger partial charge in [-0.1, -0.05) is 35.5 Å². The van der Waals surface area contributed by atoms with Crippen molar-refractivity contribution in [1.82, 2.24) is 20.2 Å². The molecule has 0 aliphatic heterocycles. The zero-order chi connectivity index (χ0) is 16.9. The number of nitrogen functional groups attached to an aromatic ring is 1. The normalized spacial score (nSPS) is 10.7. The highest BCUT2D eigenvalue weighted by Gasteiger charge is 2.15. The van der Waals surface area contributed by atoms with Crippen LogP contribution < -0.4 is 11.2 Å².